The minimum atomic E-state index is -0.311. The fourth-order valence-corrected chi connectivity index (χ4v) is 1.55. The maximum Gasteiger partial charge on any atom is 0.314 e. The molecular formula is C15H22N2O4. The highest BCUT2D eigenvalue weighted by molar-refractivity contribution is 5.75. The van der Waals surface area contributed by atoms with Crippen LogP contribution in [0.4, 0.5) is 4.79 Å². The number of ether oxygens (including phenoxy) is 2. The maximum atomic E-state index is 11.4. The Balaban J connectivity index is 1.97. The van der Waals surface area contributed by atoms with E-state index in [2.05, 4.69) is 10.6 Å². The molecule has 0 atom stereocenters. The van der Waals surface area contributed by atoms with Crippen molar-refractivity contribution in [1.29, 1.82) is 0 Å². The van der Waals surface area contributed by atoms with Crippen molar-refractivity contribution in [3.8, 4) is 5.75 Å². The van der Waals surface area contributed by atoms with Gasteiger partial charge in [0.2, 0.25) is 0 Å². The Labute approximate surface area is 124 Å². The highest BCUT2D eigenvalue weighted by Gasteiger charge is 2.03. The van der Waals surface area contributed by atoms with Gasteiger partial charge in [-0.15, -0.1) is 0 Å². The predicted octanol–water partition coefficient (Wildman–Crippen LogP) is 1.71. The summed E-state index contributed by atoms with van der Waals surface area (Å²) in [5, 5.41) is 5.28. The first-order chi connectivity index (χ1) is 10.2. The number of rotatable bonds is 9. The van der Waals surface area contributed by atoms with E-state index in [1.807, 2.05) is 30.3 Å². The van der Waals surface area contributed by atoms with E-state index in [9.17, 15) is 9.59 Å². The van der Waals surface area contributed by atoms with Crippen LogP contribution in [0.15, 0.2) is 30.3 Å². The van der Waals surface area contributed by atoms with Gasteiger partial charge in [0, 0.05) is 13.1 Å². The molecule has 0 fully saturated rings. The molecule has 1 aromatic rings. The molecule has 21 heavy (non-hydrogen) atoms. The van der Waals surface area contributed by atoms with Crippen LogP contribution in [0.5, 0.6) is 5.75 Å². The number of hydrogen-bond donors (Lipinski definition) is 2. The largest absolute Gasteiger partial charge is 0.494 e. The molecule has 6 nitrogen and oxygen atoms in total. The Morgan fingerprint density at radius 3 is 2.52 bits per heavy atom. The van der Waals surface area contributed by atoms with Crippen LogP contribution in [-0.4, -0.2) is 38.3 Å². The maximum absolute atomic E-state index is 11.4. The van der Waals surface area contributed by atoms with Crippen molar-refractivity contribution in [2.75, 3.05) is 26.3 Å². The third kappa shape index (κ3) is 8.52. The minimum absolute atomic E-state index is 0.179. The number of benzene rings is 1. The summed E-state index contributed by atoms with van der Waals surface area (Å²) in [4.78, 5) is 22.4. The molecule has 6 heteroatoms. The van der Waals surface area contributed by atoms with Gasteiger partial charge in [-0.05, 0) is 25.5 Å². The molecule has 0 radical (unpaired) electrons. The summed E-state index contributed by atoms with van der Waals surface area (Å²) < 4.78 is 10.2. The van der Waals surface area contributed by atoms with Crippen LogP contribution in [0.3, 0.4) is 0 Å². The van der Waals surface area contributed by atoms with E-state index < -0.39 is 0 Å². The lowest BCUT2D eigenvalue weighted by atomic mass is 10.3. The second-order valence-corrected chi connectivity index (χ2v) is 4.25. The zero-order chi connectivity index (χ0) is 15.3. The summed E-state index contributed by atoms with van der Waals surface area (Å²) in [6, 6.07) is 9.22. The molecule has 0 bridgehead atoms. The van der Waals surface area contributed by atoms with E-state index >= 15 is 0 Å². The molecular weight excluding hydrogens is 272 g/mol. The van der Waals surface area contributed by atoms with E-state index in [0.717, 1.165) is 5.75 Å². The van der Waals surface area contributed by atoms with Crippen LogP contribution < -0.4 is 15.4 Å². The Bertz CT molecular complexity index is 423. The Morgan fingerprint density at radius 1 is 1.10 bits per heavy atom. The van der Waals surface area contributed by atoms with Gasteiger partial charge in [0.1, 0.15) is 5.75 Å². The van der Waals surface area contributed by atoms with E-state index in [-0.39, 0.29) is 25.0 Å². The fraction of sp³-hybridized carbons (Fsp3) is 0.467. The van der Waals surface area contributed by atoms with E-state index in [4.69, 9.17) is 9.47 Å². The first kappa shape index (κ1) is 16.8. The number of para-hydroxylation sites is 1. The van der Waals surface area contributed by atoms with E-state index in [1.165, 1.54) is 0 Å². The first-order valence-electron chi connectivity index (χ1n) is 7.07. The SMILES string of the molecule is CCOC(=O)CCNC(=O)NCCCOc1ccccc1. The van der Waals surface area contributed by atoms with E-state index in [1.54, 1.807) is 6.92 Å². The van der Waals surface area contributed by atoms with Crippen molar-refractivity contribution >= 4 is 12.0 Å². The van der Waals surface area contributed by atoms with Gasteiger partial charge in [-0.2, -0.15) is 0 Å². The molecule has 2 N–H and O–H groups in total. The minimum Gasteiger partial charge on any atom is -0.494 e. The summed E-state index contributed by atoms with van der Waals surface area (Å²) >= 11 is 0. The van der Waals surface area contributed by atoms with Gasteiger partial charge in [0.15, 0.2) is 0 Å². The van der Waals surface area contributed by atoms with Crippen LogP contribution >= 0.6 is 0 Å². The summed E-state index contributed by atoms with van der Waals surface area (Å²) in [6.45, 7) is 3.42. The number of carbonyl (C=O) groups excluding carboxylic acids is 2. The third-order valence-electron chi connectivity index (χ3n) is 2.54. The molecule has 1 rings (SSSR count). The standard InChI is InChI=1S/C15H22N2O4/c1-2-20-14(18)9-11-17-15(19)16-10-6-12-21-13-7-4-3-5-8-13/h3-5,7-8H,2,6,9-12H2,1H3,(H2,16,17,19). The number of carbonyl (C=O) groups is 2. The second kappa shape index (κ2) is 10.5. The number of urea groups is 1. The molecule has 0 saturated carbocycles. The molecule has 0 spiro atoms. The molecule has 0 aromatic heterocycles. The average Bonchev–Trinajstić information content (AvgIpc) is 2.48. The highest BCUT2D eigenvalue weighted by atomic mass is 16.5. The van der Waals surface area contributed by atoms with Crippen LogP contribution in [0, 0.1) is 0 Å². The smallest absolute Gasteiger partial charge is 0.314 e. The van der Waals surface area contributed by atoms with Gasteiger partial charge < -0.3 is 20.1 Å². The normalized spacial score (nSPS) is 9.76. The highest BCUT2D eigenvalue weighted by Crippen LogP contribution is 2.07. The topological polar surface area (TPSA) is 76.7 Å². The molecule has 2 amide bonds. The molecule has 0 aliphatic heterocycles. The first-order valence-corrected chi connectivity index (χ1v) is 7.07. The Kier molecular flexibility index (Phi) is 8.44. The number of nitrogens with one attached hydrogen (secondary N) is 2. The average molecular weight is 294 g/mol. The Morgan fingerprint density at radius 2 is 1.81 bits per heavy atom. The van der Waals surface area contributed by atoms with Crippen molar-refractivity contribution in [2.45, 2.75) is 19.8 Å². The summed E-state index contributed by atoms with van der Waals surface area (Å²) in [7, 11) is 0. The summed E-state index contributed by atoms with van der Waals surface area (Å²) in [5.74, 6) is 0.505. The van der Waals surface area contributed by atoms with Crippen molar-refractivity contribution in [2.24, 2.45) is 0 Å². The van der Waals surface area contributed by atoms with Crippen LogP contribution in [-0.2, 0) is 9.53 Å². The van der Waals surface area contributed by atoms with Crippen LogP contribution in [0.25, 0.3) is 0 Å². The van der Waals surface area contributed by atoms with Crippen LogP contribution in [0.2, 0.25) is 0 Å². The second-order valence-electron chi connectivity index (χ2n) is 4.25. The lowest BCUT2D eigenvalue weighted by Crippen LogP contribution is -2.37. The fourth-order valence-electron chi connectivity index (χ4n) is 1.55. The molecule has 0 saturated heterocycles. The van der Waals surface area contributed by atoms with Crippen molar-refractivity contribution in [1.82, 2.24) is 10.6 Å². The monoisotopic (exact) mass is 294 g/mol. The van der Waals surface area contributed by atoms with E-state index in [0.29, 0.717) is 26.2 Å². The van der Waals surface area contributed by atoms with Crippen molar-refractivity contribution in [3.05, 3.63) is 30.3 Å². The van der Waals surface area contributed by atoms with Gasteiger partial charge in [0.25, 0.3) is 0 Å². The van der Waals surface area contributed by atoms with Gasteiger partial charge in [0.05, 0.1) is 19.6 Å². The van der Waals surface area contributed by atoms with Crippen molar-refractivity contribution in [3.63, 3.8) is 0 Å². The molecule has 116 valence electrons. The number of hydrogen-bond acceptors (Lipinski definition) is 4. The lowest BCUT2D eigenvalue weighted by Gasteiger charge is -2.08. The zero-order valence-corrected chi connectivity index (χ0v) is 12.3. The lowest BCUT2D eigenvalue weighted by molar-refractivity contribution is -0.142. The molecule has 1 aromatic carbocycles. The summed E-state index contributed by atoms with van der Waals surface area (Å²) in [5.41, 5.74) is 0. The molecule has 0 aliphatic carbocycles. The molecule has 0 unspecified atom stereocenters. The van der Waals surface area contributed by atoms with Crippen molar-refractivity contribution < 1.29 is 19.1 Å². The van der Waals surface area contributed by atoms with Gasteiger partial charge in [-0.25, -0.2) is 4.79 Å². The quantitative estimate of drug-likeness (QED) is 0.537. The van der Waals surface area contributed by atoms with Gasteiger partial charge >= 0.3 is 12.0 Å². The van der Waals surface area contributed by atoms with Gasteiger partial charge in [-0.1, -0.05) is 18.2 Å². The number of esters is 1. The number of amides is 2. The third-order valence-corrected chi connectivity index (χ3v) is 2.54. The summed E-state index contributed by atoms with van der Waals surface area (Å²) in [6.07, 6.45) is 0.887. The predicted molar refractivity (Wildman–Crippen MR) is 79.2 cm³/mol. The van der Waals surface area contributed by atoms with Crippen LogP contribution in [0.1, 0.15) is 19.8 Å². The molecule has 0 heterocycles. The Hall–Kier alpha value is -2.24. The molecule has 0 aliphatic rings. The zero-order valence-electron chi connectivity index (χ0n) is 12.3. The van der Waals surface area contributed by atoms with Gasteiger partial charge in [-0.3, -0.25) is 4.79 Å².